The second-order valence-corrected chi connectivity index (χ2v) is 11.7. The summed E-state index contributed by atoms with van der Waals surface area (Å²) in [4.78, 5) is 15.3. The van der Waals surface area contributed by atoms with Crippen molar-refractivity contribution in [2.75, 3.05) is 0 Å². The zero-order valence-electron chi connectivity index (χ0n) is 25.2. The maximum absolute atomic E-state index is 5.26. The van der Waals surface area contributed by atoms with Crippen molar-refractivity contribution in [2.45, 2.75) is 0 Å². The van der Waals surface area contributed by atoms with E-state index in [0.717, 1.165) is 39.6 Å². The van der Waals surface area contributed by atoms with Gasteiger partial charge in [0.05, 0.1) is 39.6 Å². The van der Waals surface area contributed by atoms with Gasteiger partial charge in [-0.2, -0.15) is 4.98 Å². The van der Waals surface area contributed by atoms with E-state index in [1.165, 1.54) is 32.6 Å². The molecule has 6 aromatic carbocycles. The highest BCUT2D eigenvalue weighted by Gasteiger charge is 2.24. The Kier molecular flexibility index (Phi) is 5.48. The molecule has 0 aliphatic heterocycles. The number of hydrogen-bond acceptors (Lipinski definition) is 3. The monoisotopic (exact) mass is 602 g/mol. The predicted molar refractivity (Wildman–Crippen MR) is 191 cm³/mol. The first-order valence-electron chi connectivity index (χ1n) is 15.7. The number of imidazole rings is 1. The zero-order chi connectivity index (χ0) is 30.9. The first-order chi connectivity index (χ1) is 23.3. The molecule has 0 radical (unpaired) electrons. The molecule has 0 aliphatic carbocycles. The summed E-state index contributed by atoms with van der Waals surface area (Å²) in [5.41, 5.74) is 9.70. The molecular formula is C41H26N6. The summed E-state index contributed by atoms with van der Waals surface area (Å²) < 4.78 is 6.77. The normalized spacial score (nSPS) is 11.8. The van der Waals surface area contributed by atoms with Gasteiger partial charge in [-0.3, -0.25) is 9.13 Å². The van der Waals surface area contributed by atoms with Gasteiger partial charge in [0.1, 0.15) is 0 Å². The zero-order valence-corrected chi connectivity index (χ0v) is 25.2. The Labute approximate surface area is 269 Å². The average molecular weight is 603 g/mol. The van der Waals surface area contributed by atoms with E-state index in [1.807, 2.05) is 42.6 Å². The van der Waals surface area contributed by atoms with Crippen molar-refractivity contribution in [2.24, 2.45) is 0 Å². The molecule has 0 unspecified atom stereocenters. The third-order valence-electron chi connectivity index (χ3n) is 9.12. The van der Waals surface area contributed by atoms with Gasteiger partial charge in [0, 0.05) is 32.8 Å². The van der Waals surface area contributed by atoms with Gasteiger partial charge >= 0.3 is 0 Å². The lowest BCUT2D eigenvalue weighted by molar-refractivity contribution is 0.947. The van der Waals surface area contributed by atoms with Crippen LogP contribution in [-0.2, 0) is 0 Å². The molecule has 0 spiro atoms. The lowest BCUT2D eigenvalue weighted by Gasteiger charge is -2.12. The second-order valence-electron chi connectivity index (χ2n) is 11.7. The number of para-hydroxylation sites is 4. The van der Waals surface area contributed by atoms with Gasteiger partial charge in [-0.25, -0.2) is 9.97 Å². The molecule has 0 N–H and O–H groups in total. The van der Waals surface area contributed by atoms with Crippen molar-refractivity contribution in [3.8, 4) is 28.6 Å². The minimum atomic E-state index is 0.595. The summed E-state index contributed by atoms with van der Waals surface area (Å²) in [7, 11) is 0. The van der Waals surface area contributed by atoms with Gasteiger partial charge in [0.15, 0.2) is 11.3 Å². The van der Waals surface area contributed by atoms with E-state index in [0.29, 0.717) is 11.3 Å². The van der Waals surface area contributed by atoms with Crippen molar-refractivity contribution in [1.29, 1.82) is 0 Å². The SMILES string of the molecule is c1ccc(-c2cnc3c(n2)nc(-n2c4ccccc4c4c5c6ccccc6n(-c6ccccc6)c5ccc42)n3-c2ccccc2)cc1. The molecule has 10 rings (SSSR count). The van der Waals surface area contributed by atoms with Gasteiger partial charge in [-0.15, -0.1) is 0 Å². The van der Waals surface area contributed by atoms with Crippen LogP contribution in [0.4, 0.5) is 0 Å². The maximum atomic E-state index is 5.26. The number of aromatic nitrogens is 6. The van der Waals surface area contributed by atoms with Crippen LogP contribution in [-0.4, -0.2) is 28.7 Å². The van der Waals surface area contributed by atoms with Crippen LogP contribution in [0.2, 0.25) is 0 Å². The van der Waals surface area contributed by atoms with Crippen molar-refractivity contribution in [3.05, 3.63) is 158 Å². The average Bonchev–Trinajstić information content (AvgIpc) is 3.79. The third-order valence-corrected chi connectivity index (χ3v) is 9.12. The molecule has 0 saturated carbocycles. The van der Waals surface area contributed by atoms with Crippen LogP contribution >= 0.6 is 0 Å². The number of hydrogen-bond donors (Lipinski definition) is 0. The number of fused-ring (bicyclic) bond motifs is 8. The molecule has 0 bridgehead atoms. The molecule has 47 heavy (non-hydrogen) atoms. The largest absolute Gasteiger partial charge is 0.309 e. The summed E-state index contributed by atoms with van der Waals surface area (Å²) in [6.07, 6.45) is 1.84. The number of rotatable bonds is 4. The molecule has 0 fully saturated rings. The summed E-state index contributed by atoms with van der Waals surface area (Å²) >= 11 is 0. The smallest absolute Gasteiger partial charge is 0.223 e. The molecule has 0 aliphatic rings. The lowest BCUT2D eigenvalue weighted by Crippen LogP contribution is -2.05. The van der Waals surface area contributed by atoms with Crippen LogP contribution in [0.15, 0.2) is 158 Å². The van der Waals surface area contributed by atoms with E-state index in [1.54, 1.807) is 0 Å². The van der Waals surface area contributed by atoms with Crippen LogP contribution in [0.25, 0.3) is 83.5 Å². The van der Waals surface area contributed by atoms with Gasteiger partial charge in [-0.05, 0) is 48.5 Å². The van der Waals surface area contributed by atoms with Crippen molar-refractivity contribution in [3.63, 3.8) is 0 Å². The summed E-state index contributed by atoms with van der Waals surface area (Å²) in [6.45, 7) is 0. The first-order valence-corrected chi connectivity index (χ1v) is 15.7. The number of benzene rings is 6. The molecular weight excluding hydrogens is 576 g/mol. The number of nitrogens with zero attached hydrogens (tertiary/aromatic N) is 6. The molecule has 10 aromatic rings. The molecule has 4 heterocycles. The Morgan fingerprint density at radius 3 is 1.55 bits per heavy atom. The van der Waals surface area contributed by atoms with E-state index >= 15 is 0 Å². The third kappa shape index (κ3) is 3.76. The molecule has 0 atom stereocenters. The predicted octanol–water partition coefficient (Wildman–Crippen LogP) is 9.68. The van der Waals surface area contributed by atoms with Crippen molar-refractivity contribution >= 4 is 54.9 Å². The molecule has 6 heteroatoms. The standard InChI is InChI=1S/C41H26N6/c1-4-14-27(15-5-1)32-26-42-40-39(43-32)44-41(46(40)29-18-8-3-9-19-29)47-34-23-13-11-21-31(34)38-36(47)25-24-35-37(38)30-20-10-12-22-33(30)45(35)28-16-6-2-7-17-28/h1-26H. The van der Waals surface area contributed by atoms with Gasteiger partial charge in [0.25, 0.3) is 0 Å². The highest BCUT2D eigenvalue weighted by atomic mass is 15.3. The van der Waals surface area contributed by atoms with E-state index in [9.17, 15) is 0 Å². The summed E-state index contributed by atoms with van der Waals surface area (Å²) in [5, 5.41) is 4.80. The van der Waals surface area contributed by atoms with E-state index in [4.69, 9.17) is 15.0 Å². The Hall–Kier alpha value is -6.53. The van der Waals surface area contributed by atoms with Crippen LogP contribution in [0, 0.1) is 0 Å². The second kappa shape index (κ2) is 9.99. The lowest BCUT2D eigenvalue weighted by atomic mass is 10.1. The van der Waals surface area contributed by atoms with Crippen molar-refractivity contribution in [1.82, 2.24) is 28.7 Å². The molecule has 0 amide bonds. The quantitative estimate of drug-likeness (QED) is 0.202. The molecule has 0 saturated heterocycles. The van der Waals surface area contributed by atoms with E-state index in [2.05, 4.69) is 129 Å². The summed E-state index contributed by atoms with van der Waals surface area (Å²) in [6, 6.07) is 52.9. The Balaban J connectivity index is 1.34. The fourth-order valence-corrected chi connectivity index (χ4v) is 7.15. The fourth-order valence-electron chi connectivity index (χ4n) is 7.15. The van der Waals surface area contributed by atoms with Gasteiger partial charge in [-0.1, -0.05) is 103 Å². The van der Waals surface area contributed by atoms with Crippen LogP contribution < -0.4 is 0 Å². The Morgan fingerprint density at radius 2 is 0.915 bits per heavy atom. The van der Waals surface area contributed by atoms with Crippen LogP contribution in [0.5, 0.6) is 0 Å². The summed E-state index contributed by atoms with van der Waals surface area (Å²) in [5.74, 6) is 0.744. The maximum Gasteiger partial charge on any atom is 0.223 e. The first kappa shape index (κ1) is 25.8. The van der Waals surface area contributed by atoms with Crippen LogP contribution in [0.1, 0.15) is 0 Å². The topological polar surface area (TPSA) is 53.5 Å². The molecule has 4 aromatic heterocycles. The fraction of sp³-hybridized carbons (Fsp3) is 0. The Bertz CT molecular complexity index is 2770. The highest BCUT2D eigenvalue weighted by molar-refractivity contribution is 6.28. The molecule has 220 valence electrons. The van der Waals surface area contributed by atoms with Crippen LogP contribution in [0.3, 0.4) is 0 Å². The minimum absolute atomic E-state index is 0.595. The van der Waals surface area contributed by atoms with Gasteiger partial charge < -0.3 is 4.57 Å². The van der Waals surface area contributed by atoms with E-state index < -0.39 is 0 Å². The van der Waals surface area contributed by atoms with Crippen molar-refractivity contribution < 1.29 is 0 Å². The Morgan fingerprint density at radius 1 is 0.404 bits per heavy atom. The highest BCUT2D eigenvalue weighted by Crippen LogP contribution is 2.42. The van der Waals surface area contributed by atoms with Gasteiger partial charge in [0.2, 0.25) is 5.95 Å². The molecule has 6 nitrogen and oxygen atoms in total. The van der Waals surface area contributed by atoms with E-state index in [-0.39, 0.29) is 0 Å². The minimum Gasteiger partial charge on any atom is -0.309 e.